The van der Waals surface area contributed by atoms with Crippen LogP contribution in [0.1, 0.15) is 181 Å². The number of carbonyl (C=O) groups is 1. The molecule has 0 aromatic rings. The lowest BCUT2D eigenvalue weighted by atomic mass is 9.99. The van der Waals surface area contributed by atoms with Gasteiger partial charge in [-0.15, -0.1) is 0 Å². The molecule has 0 saturated carbocycles. The van der Waals surface area contributed by atoms with Crippen molar-refractivity contribution in [3.8, 4) is 0 Å². The minimum Gasteiger partial charge on any atom is -0.394 e. The first-order chi connectivity index (χ1) is 23.8. The molecule has 0 bridgehead atoms. The van der Waals surface area contributed by atoms with Crippen molar-refractivity contribution in [2.75, 3.05) is 13.2 Å². The van der Waals surface area contributed by atoms with Crippen molar-refractivity contribution in [1.82, 2.24) is 5.32 Å². The third-order valence-electron chi connectivity index (χ3n) is 10.1. The minimum atomic E-state index is -1.59. The van der Waals surface area contributed by atoms with Crippen LogP contribution in [0.4, 0.5) is 0 Å². The summed E-state index contributed by atoms with van der Waals surface area (Å²) in [5, 5.41) is 64.4. The maximum Gasteiger partial charge on any atom is 0.249 e. The van der Waals surface area contributed by atoms with Gasteiger partial charge in [0.2, 0.25) is 5.91 Å². The highest BCUT2D eigenvalue weighted by Gasteiger charge is 2.44. The molecule has 7 N–H and O–H groups in total. The molecule has 8 unspecified atom stereocenters. The zero-order valence-electron chi connectivity index (χ0n) is 31.3. The highest BCUT2D eigenvalue weighted by molar-refractivity contribution is 5.80. The Hall–Kier alpha value is -0.850. The summed E-state index contributed by atoms with van der Waals surface area (Å²) >= 11 is 0. The van der Waals surface area contributed by atoms with Crippen molar-refractivity contribution in [3.05, 3.63) is 0 Å². The predicted octanol–water partition coefficient (Wildman–Crippen LogP) is 6.19. The lowest BCUT2D eigenvalue weighted by Gasteiger charge is -2.40. The van der Waals surface area contributed by atoms with Crippen molar-refractivity contribution >= 4 is 5.91 Å². The molecule has 1 aliphatic rings. The van der Waals surface area contributed by atoms with Crippen LogP contribution in [0.2, 0.25) is 0 Å². The monoisotopic (exact) mass is 704 g/mol. The number of nitrogens with one attached hydrogen (secondary N) is 1. The first-order valence-electron chi connectivity index (χ1n) is 20.3. The Morgan fingerprint density at radius 1 is 0.612 bits per heavy atom. The van der Waals surface area contributed by atoms with Gasteiger partial charge in [-0.1, -0.05) is 168 Å². The minimum absolute atomic E-state index is 0.251. The van der Waals surface area contributed by atoms with Crippen LogP contribution in [0.5, 0.6) is 0 Å². The first kappa shape index (κ1) is 46.2. The van der Waals surface area contributed by atoms with Crippen LogP contribution in [-0.4, -0.2) is 98.7 Å². The van der Waals surface area contributed by atoms with Gasteiger partial charge >= 0.3 is 0 Å². The number of amides is 1. The highest BCUT2D eigenvalue weighted by Crippen LogP contribution is 2.23. The van der Waals surface area contributed by atoms with E-state index in [1.54, 1.807) is 0 Å². The standard InChI is InChI=1S/C39H77NO9/c1-3-5-7-9-11-13-14-15-16-17-18-19-20-22-23-25-27-32(42)31(30-48-39-37(46)36(45)35(44)34(29-41)49-39)40-38(47)33(43)28-26-24-21-12-10-8-6-4-2/h31-37,39,41-46H,3-30H2,1-2H3,(H,40,47). The summed E-state index contributed by atoms with van der Waals surface area (Å²) in [5.74, 6) is -0.587. The average molecular weight is 704 g/mol. The summed E-state index contributed by atoms with van der Waals surface area (Å²) < 4.78 is 11.1. The Morgan fingerprint density at radius 2 is 1.02 bits per heavy atom. The molecule has 0 spiro atoms. The average Bonchev–Trinajstić information content (AvgIpc) is 3.10. The molecule has 0 radical (unpaired) electrons. The fourth-order valence-corrected chi connectivity index (χ4v) is 6.64. The van der Waals surface area contributed by atoms with E-state index in [2.05, 4.69) is 19.2 Å². The zero-order valence-corrected chi connectivity index (χ0v) is 31.3. The van der Waals surface area contributed by atoms with Gasteiger partial charge in [-0.25, -0.2) is 0 Å². The van der Waals surface area contributed by atoms with Gasteiger partial charge in [-0.2, -0.15) is 0 Å². The molecule has 1 rings (SSSR count). The van der Waals surface area contributed by atoms with Crippen LogP contribution < -0.4 is 5.32 Å². The highest BCUT2D eigenvalue weighted by atomic mass is 16.7. The van der Waals surface area contributed by atoms with E-state index in [1.165, 1.54) is 109 Å². The van der Waals surface area contributed by atoms with Crippen molar-refractivity contribution in [3.63, 3.8) is 0 Å². The second-order valence-electron chi connectivity index (χ2n) is 14.6. The molecule has 10 heteroatoms. The largest absolute Gasteiger partial charge is 0.394 e. The molecule has 1 amide bonds. The van der Waals surface area contributed by atoms with Gasteiger partial charge < -0.3 is 45.4 Å². The number of aliphatic hydroxyl groups is 6. The van der Waals surface area contributed by atoms with E-state index in [-0.39, 0.29) is 6.61 Å². The van der Waals surface area contributed by atoms with Crippen molar-refractivity contribution in [2.24, 2.45) is 0 Å². The number of hydrogen-bond acceptors (Lipinski definition) is 9. The second kappa shape index (κ2) is 30.7. The summed E-state index contributed by atoms with van der Waals surface area (Å²) in [5.41, 5.74) is 0. The molecule has 0 aliphatic carbocycles. The number of carbonyl (C=O) groups excluding carboxylic acids is 1. The number of hydrogen-bond donors (Lipinski definition) is 7. The van der Waals surface area contributed by atoms with Crippen LogP contribution in [-0.2, 0) is 14.3 Å². The van der Waals surface area contributed by atoms with Gasteiger partial charge in [0.15, 0.2) is 6.29 Å². The Balaban J connectivity index is 2.43. The van der Waals surface area contributed by atoms with Gasteiger partial charge in [-0.3, -0.25) is 4.79 Å². The molecule has 1 fully saturated rings. The van der Waals surface area contributed by atoms with E-state index in [1.807, 2.05) is 0 Å². The molecule has 49 heavy (non-hydrogen) atoms. The maximum atomic E-state index is 12.9. The zero-order chi connectivity index (χ0) is 36.1. The molecular formula is C39H77NO9. The van der Waals surface area contributed by atoms with E-state index in [9.17, 15) is 35.4 Å². The maximum absolute atomic E-state index is 12.9. The van der Waals surface area contributed by atoms with E-state index in [0.29, 0.717) is 12.8 Å². The summed E-state index contributed by atoms with van der Waals surface area (Å²) in [7, 11) is 0. The fraction of sp³-hybridized carbons (Fsp3) is 0.974. The Labute approximate surface area is 298 Å². The molecule has 8 atom stereocenters. The normalized spacial score (nSPS) is 23.0. The third kappa shape index (κ3) is 22.0. The molecule has 1 aliphatic heterocycles. The second-order valence-corrected chi connectivity index (χ2v) is 14.6. The molecule has 0 aromatic carbocycles. The predicted molar refractivity (Wildman–Crippen MR) is 195 cm³/mol. The van der Waals surface area contributed by atoms with Crippen molar-refractivity contribution in [1.29, 1.82) is 0 Å². The summed E-state index contributed by atoms with van der Waals surface area (Å²) in [6.07, 6.45) is 20.3. The molecular weight excluding hydrogens is 626 g/mol. The number of ether oxygens (including phenoxy) is 2. The Morgan fingerprint density at radius 3 is 1.45 bits per heavy atom. The van der Waals surface area contributed by atoms with Gasteiger partial charge in [0.25, 0.3) is 0 Å². The summed E-state index contributed by atoms with van der Waals surface area (Å²) in [6.45, 7) is 3.61. The molecule has 1 heterocycles. The summed E-state index contributed by atoms with van der Waals surface area (Å²) in [4.78, 5) is 12.9. The van der Waals surface area contributed by atoms with Crippen LogP contribution >= 0.6 is 0 Å². The number of rotatable bonds is 33. The topological polar surface area (TPSA) is 169 Å². The SMILES string of the molecule is CCCCCCCCCCCCCCCCCCC(O)C(COC1OC(CO)C(O)C(O)C1O)NC(=O)C(O)CCCCCCCCCC. The fourth-order valence-electron chi connectivity index (χ4n) is 6.64. The smallest absolute Gasteiger partial charge is 0.249 e. The van der Waals surface area contributed by atoms with Gasteiger partial charge in [-0.05, 0) is 12.8 Å². The van der Waals surface area contributed by atoms with Crippen LogP contribution in [0.25, 0.3) is 0 Å². The van der Waals surface area contributed by atoms with Crippen molar-refractivity contribution < 1.29 is 44.9 Å². The quantitative estimate of drug-likeness (QED) is 0.0394. The van der Waals surface area contributed by atoms with E-state index < -0.39 is 61.5 Å². The Bertz CT molecular complexity index is 758. The van der Waals surface area contributed by atoms with Crippen LogP contribution in [0.3, 0.4) is 0 Å². The van der Waals surface area contributed by atoms with Gasteiger partial charge in [0, 0.05) is 0 Å². The third-order valence-corrected chi connectivity index (χ3v) is 10.1. The molecule has 292 valence electrons. The van der Waals surface area contributed by atoms with E-state index >= 15 is 0 Å². The number of aliphatic hydroxyl groups excluding tert-OH is 6. The van der Waals surface area contributed by atoms with Crippen LogP contribution in [0.15, 0.2) is 0 Å². The van der Waals surface area contributed by atoms with Crippen LogP contribution in [0, 0.1) is 0 Å². The molecule has 1 saturated heterocycles. The van der Waals surface area contributed by atoms with E-state index in [0.717, 1.165) is 44.9 Å². The lowest BCUT2D eigenvalue weighted by molar-refractivity contribution is -0.302. The van der Waals surface area contributed by atoms with E-state index in [4.69, 9.17) is 9.47 Å². The van der Waals surface area contributed by atoms with Gasteiger partial charge in [0.1, 0.15) is 30.5 Å². The first-order valence-corrected chi connectivity index (χ1v) is 20.3. The molecule has 10 nitrogen and oxygen atoms in total. The summed E-state index contributed by atoms with van der Waals surface area (Å²) in [6, 6.07) is -0.885. The number of unbranched alkanes of at least 4 members (excludes halogenated alkanes) is 22. The lowest BCUT2D eigenvalue weighted by Crippen LogP contribution is -2.60. The van der Waals surface area contributed by atoms with Gasteiger partial charge in [0.05, 0.1) is 25.4 Å². The Kier molecular flexibility index (Phi) is 29.0. The molecule has 0 aromatic heterocycles. The van der Waals surface area contributed by atoms with Crippen molar-refractivity contribution in [2.45, 2.75) is 230 Å².